The fourth-order valence-electron chi connectivity index (χ4n) is 1.66. The minimum absolute atomic E-state index is 0.0588. The van der Waals surface area contributed by atoms with Crippen LogP contribution < -0.4 is 5.73 Å². The van der Waals surface area contributed by atoms with Crippen molar-refractivity contribution in [2.24, 2.45) is 11.7 Å². The minimum Gasteiger partial charge on any atom is -0.320 e. The first-order valence-electron chi connectivity index (χ1n) is 6.08. The molecule has 18 heavy (non-hydrogen) atoms. The Balaban J connectivity index is 2.70. The van der Waals surface area contributed by atoms with Gasteiger partial charge in [-0.15, -0.1) is 11.3 Å². The molecule has 1 rings (SSSR count). The highest BCUT2D eigenvalue weighted by Crippen LogP contribution is 2.18. The highest BCUT2D eigenvalue weighted by molar-refractivity contribution is 7.10. The van der Waals surface area contributed by atoms with E-state index in [0.717, 1.165) is 25.2 Å². The molecule has 1 aromatic heterocycles. The van der Waals surface area contributed by atoms with Crippen LogP contribution in [0.1, 0.15) is 24.3 Å². The predicted molar refractivity (Wildman–Crippen MR) is 76.0 cm³/mol. The maximum atomic E-state index is 8.87. The number of hydrogen-bond acceptors (Lipinski definition) is 4. The molecule has 0 radical (unpaired) electrons. The number of thiophene rings is 1. The lowest BCUT2D eigenvalue weighted by molar-refractivity contribution is 0.262. The number of nitrogens with two attached hydrogens (primary N) is 1. The van der Waals surface area contributed by atoms with E-state index in [1.165, 1.54) is 4.88 Å². The summed E-state index contributed by atoms with van der Waals surface area (Å²) in [5.41, 5.74) is 6.45. The standard InChI is InChI=1S/C14H19N3S/c1-3-17(10-12(2)9-16)11-14-13(5-4-7-15)6-8-18-14/h6,8,12H,3,7,10-11,15H2,1-2H3. The Hall–Kier alpha value is -1.33. The second-order valence-corrected chi connectivity index (χ2v) is 5.12. The number of nitriles is 1. The fourth-order valence-corrected chi connectivity index (χ4v) is 2.53. The van der Waals surface area contributed by atoms with E-state index in [2.05, 4.69) is 35.1 Å². The van der Waals surface area contributed by atoms with Crippen LogP contribution in [0.5, 0.6) is 0 Å². The van der Waals surface area contributed by atoms with E-state index < -0.39 is 0 Å². The van der Waals surface area contributed by atoms with Crippen LogP contribution >= 0.6 is 11.3 Å². The van der Waals surface area contributed by atoms with Crippen molar-refractivity contribution in [1.82, 2.24) is 4.90 Å². The van der Waals surface area contributed by atoms with Gasteiger partial charge in [-0.2, -0.15) is 5.26 Å². The number of rotatable bonds is 5. The maximum Gasteiger partial charge on any atom is 0.0666 e. The first-order chi connectivity index (χ1) is 8.71. The van der Waals surface area contributed by atoms with Crippen LogP contribution in [0.25, 0.3) is 0 Å². The van der Waals surface area contributed by atoms with Crippen molar-refractivity contribution >= 4 is 11.3 Å². The molecule has 0 aliphatic rings. The minimum atomic E-state index is 0.0588. The lowest BCUT2D eigenvalue weighted by atomic mass is 10.2. The van der Waals surface area contributed by atoms with Crippen LogP contribution in [0.15, 0.2) is 11.4 Å². The van der Waals surface area contributed by atoms with Gasteiger partial charge in [0, 0.05) is 23.5 Å². The van der Waals surface area contributed by atoms with Crippen molar-refractivity contribution in [3.05, 3.63) is 21.9 Å². The summed E-state index contributed by atoms with van der Waals surface area (Å²) in [7, 11) is 0. The number of nitrogens with zero attached hydrogens (tertiary/aromatic N) is 2. The average Bonchev–Trinajstić information content (AvgIpc) is 2.82. The van der Waals surface area contributed by atoms with E-state index in [-0.39, 0.29) is 5.92 Å². The van der Waals surface area contributed by atoms with E-state index in [0.29, 0.717) is 6.54 Å². The maximum absolute atomic E-state index is 8.87. The van der Waals surface area contributed by atoms with Crippen molar-refractivity contribution < 1.29 is 0 Å². The molecular weight excluding hydrogens is 242 g/mol. The van der Waals surface area contributed by atoms with Gasteiger partial charge < -0.3 is 5.73 Å². The van der Waals surface area contributed by atoms with Crippen molar-refractivity contribution in [2.45, 2.75) is 20.4 Å². The van der Waals surface area contributed by atoms with Gasteiger partial charge >= 0.3 is 0 Å². The molecule has 96 valence electrons. The smallest absolute Gasteiger partial charge is 0.0666 e. The van der Waals surface area contributed by atoms with Crippen molar-refractivity contribution in [2.75, 3.05) is 19.6 Å². The summed E-state index contributed by atoms with van der Waals surface area (Å²) in [6.07, 6.45) is 0. The molecule has 0 amide bonds. The van der Waals surface area contributed by atoms with Crippen LogP contribution in [-0.2, 0) is 6.54 Å². The molecule has 1 aromatic rings. The zero-order chi connectivity index (χ0) is 13.4. The normalized spacial score (nSPS) is 11.7. The van der Waals surface area contributed by atoms with Gasteiger partial charge in [-0.1, -0.05) is 18.8 Å². The third-order valence-electron chi connectivity index (χ3n) is 2.64. The second kappa shape index (κ2) is 7.89. The third-order valence-corrected chi connectivity index (χ3v) is 3.54. The van der Waals surface area contributed by atoms with Crippen LogP contribution in [-0.4, -0.2) is 24.5 Å². The Bertz CT molecular complexity index is 461. The zero-order valence-electron chi connectivity index (χ0n) is 10.9. The van der Waals surface area contributed by atoms with Gasteiger partial charge in [-0.3, -0.25) is 4.90 Å². The quantitative estimate of drug-likeness (QED) is 0.825. The Labute approximate surface area is 113 Å². The lowest BCUT2D eigenvalue weighted by Gasteiger charge is -2.20. The van der Waals surface area contributed by atoms with Gasteiger partial charge in [0.15, 0.2) is 0 Å². The molecule has 0 saturated carbocycles. The summed E-state index contributed by atoms with van der Waals surface area (Å²) in [4.78, 5) is 3.52. The van der Waals surface area contributed by atoms with Gasteiger partial charge in [0.2, 0.25) is 0 Å². The fraction of sp³-hybridized carbons (Fsp3) is 0.500. The van der Waals surface area contributed by atoms with Gasteiger partial charge in [-0.05, 0) is 24.9 Å². The van der Waals surface area contributed by atoms with E-state index in [1.807, 2.05) is 13.0 Å². The van der Waals surface area contributed by atoms with Crippen molar-refractivity contribution in [1.29, 1.82) is 5.26 Å². The highest BCUT2D eigenvalue weighted by Gasteiger charge is 2.11. The van der Waals surface area contributed by atoms with E-state index >= 15 is 0 Å². The zero-order valence-corrected chi connectivity index (χ0v) is 11.8. The Morgan fingerprint density at radius 2 is 2.33 bits per heavy atom. The summed E-state index contributed by atoms with van der Waals surface area (Å²) in [5, 5.41) is 10.9. The summed E-state index contributed by atoms with van der Waals surface area (Å²) in [6, 6.07) is 4.31. The Morgan fingerprint density at radius 1 is 1.56 bits per heavy atom. The molecule has 0 aliphatic heterocycles. The number of hydrogen-bond donors (Lipinski definition) is 1. The molecule has 0 spiro atoms. The average molecular weight is 261 g/mol. The summed E-state index contributed by atoms with van der Waals surface area (Å²) < 4.78 is 0. The van der Waals surface area contributed by atoms with Crippen LogP contribution in [0, 0.1) is 29.1 Å². The lowest BCUT2D eigenvalue weighted by Crippen LogP contribution is -2.27. The van der Waals surface area contributed by atoms with Gasteiger partial charge in [0.1, 0.15) is 0 Å². The van der Waals surface area contributed by atoms with Gasteiger partial charge in [0.05, 0.1) is 18.5 Å². The predicted octanol–water partition coefficient (Wildman–Crippen LogP) is 2.04. The molecule has 1 unspecified atom stereocenters. The first kappa shape index (κ1) is 14.7. The summed E-state index contributed by atoms with van der Waals surface area (Å²) in [6.45, 7) is 7.05. The molecule has 0 aromatic carbocycles. The molecule has 0 fully saturated rings. The molecule has 0 saturated heterocycles. The molecule has 4 heteroatoms. The molecular formula is C14H19N3S. The monoisotopic (exact) mass is 261 g/mol. The Kier molecular flexibility index (Phi) is 6.46. The molecule has 1 heterocycles. The third kappa shape index (κ3) is 4.50. The van der Waals surface area contributed by atoms with Gasteiger partial charge in [0.25, 0.3) is 0 Å². The highest BCUT2D eigenvalue weighted by atomic mass is 32.1. The molecule has 0 aliphatic carbocycles. The van der Waals surface area contributed by atoms with Crippen molar-refractivity contribution in [3.63, 3.8) is 0 Å². The molecule has 0 bridgehead atoms. The van der Waals surface area contributed by atoms with Crippen molar-refractivity contribution in [3.8, 4) is 17.9 Å². The van der Waals surface area contributed by atoms with Crippen LogP contribution in [0.4, 0.5) is 0 Å². The second-order valence-electron chi connectivity index (χ2n) is 4.12. The van der Waals surface area contributed by atoms with Crippen LogP contribution in [0.3, 0.4) is 0 Å². The molecule has 3 nitrogen and oxygen atoms in total. The SMILES string of the molecule is CCN(Cc1sccc1C#CCN)CC(C)C#N. The topological polar surface area (TPSA) is 53.0 Å². The van der Waals surface area contributed by atoms with E-state index in [4.69, 9.17) is 11.0 Å². The molecule has 2 N–H and O–H groups in total. The van der Waals surface area contributed by atoms with Crippen LogP contribution in [0.2, 0.25) is 0 Å². The summed E-state index contributed by atoms with van der Waals surface area (Å²) in [5.74, 6) is 6.04. The largest absolute Gasteiger partial charge is 0.320 e. The summed E-state index contributed by atoms with van der Waals surface area (Å²) >= 11 is 1.71. The van der Waals surface area contributed by atoms with E-state index in [9.17, 15) is 0 Å². The Morgan fingerprint density at radius 3 is 2.94 bits per heavy atom. The van der Waals surface area contributed by atoms with Gasteiger partial charge in [-0.25, -0.2) is 0 Å². The van der Waals surface area contributed by atoms with E-state index in [1.54, 1.807) is 11.3 Å². The molecule has 1 atom stereocenters. The first-order valence-corrected chi connectivity index (χ1v) is 6.96.